The molecule has 2 rings (SSSR count). The molecule has 0 aliphatic carbocycles. The highest BCUT2D eigenvalue weighted by Gasteiger charge is 2.47. The van der Waals surface area contributed by atoms with Crippen LogP contribution in [0.2, 0.25) is 48.6 Å². The molecule has 2 saturated heterocycles. The summed E-state index contributed by atoms with van der Waals surface area (Å²) >= 11 is 0. The van der Waals surface area contributed by atoms with E-state index in [1.165, 1.54) is 25.0 Å². The third kappa shape index (κ3) is 8.49. The highest BCUT2D eigenvalue weighted by Crippen LogP contribution is 2.47. The smallest absolute Gasteiger partial charge is 0.331 e. The van der Waals surface area contributed by atoms with Gasteiger partial charge in [0, 0.05) is 45.9 Å². The van der Waals surface area contributed by atoms with Crippen LogP contribution in [0.4, 0.5) is 0 Å². The van der Waals surface area contributed by atoms with E-state index in [0.29, 0.717) is 13.2 Å². The Morgan fingerprint density at radius 3 is 1.39 bits per heavy atom. The summed E-state index contributed by atoms with van der Waals surface area (Å²) in [5.41, 5.74) is 0. The van der Waals surface area contributed by atoms with E-state index in [9.17, 15) is 9.59 Å². The normalized spacial score (nSPS) is 25.3. The number of hydrogen-bond donors (Lipinski definition) is 0. The maximum absolute atomic E-state index is 12.3. The molecule has 36 heavy (non-hydrogen) atoms. The minimum Gasteiger partial charge on any atom is -0.463 e. The van der Waals surface area contributed by atoms with Gasteiger partial charge < -0.3 is 18.9 Å². The Bertz CT molecular complexity index is 689. The molecule has 10 heteroatoms. The van der Waals surface area contributed by atoms with Crippen molar-refractivity contribution in [2.75, 3.05) is 26.4 Å². The van der Waals surface area contributed by atoms with Crippen LogP contribution in [-0.2, 0) is 28.5 Å². The Hall–Kier alpha value is -0.532. The first-order valence-corrected chi connectivity index (χ1v) is 23.0. The van der Waals surface area contributed by atoms with Gasteiger partial charge in [-0.3, -0.25) is 0 Å². The molecule has 0 saturated carbocycles. The van der Waals surface area contributed by atoms with E-state index < -0.39 is 28.1 Å². The molecule has 4 unspecified atom stereocenters. The number of esters is 2. The van der Waals surface area contributed by atoms with E-state index in [0.717, 1.165) is 72.2 Å². The largest absolute Gasteiger partial charge is 0.463 e. The van der Waals surface area contributed by atoms with Crippen molar-refractivity contribution in [3.05, 3.63) is 12.2 Å². The zero-order valence-corrected chi connectivity index (χ0v) is 30.2. The second-order valence-corrected chi connectivity index (χ2v) is 30.1. The maximum Gasteiger partial charge on any atom is 0.331 e. The topological polar surface area (TPSA) is 71.1 Å². The summed E-state index contributed by atoms with van der Waals surface area (Å²) in [7, 11) is -0.980. The van der Waals surface area contributed by atoms with Crippen molar-refractivity contribution in [3.8, 4) is 0 Å². The second-order valence-electron chi connectivity index (χ2n) is 13.2. The number of hydrogen-bond acceptors (Lipinski definition) is 6. The zero-order valence-electron chi connectivity index (χ0n) is 24.2. The van der Waals surface area contributed by atoms with Crippen molar-refractivity contribution in [3.63, 3.8) is 0 Å². The molecule has 0 aromatic carbocycles. The molecule has 0 radical (unpaired) electrons. The van der Waals surface area contributed by atoms with Crippen molar-refractivity contribution in [2.24, 2.45) is 0 Å². The lowest BCUT2D eigenvalue weighted by atomic mass is 10.0. The number of carbonyl (C=O) groups excluding carboxylic acids is 2. The molecular weight excluding hydrogens is 521 g/mol. The number of rotatable bonds is 12. The van der Waals surface area contributed by atoms with Gasteiger partial charge in [0.2, 0.25) is 0 Å². The van der Waals surface area contributed by atoms with Gasteiger partial charge in [-0.2, -0.15) is 0 Å². The standard InChI is InChI=1S/C26H52O6Si4/c1-35(2,3)25(33,21-11-7-9-17-29-21)15-19-31-23(27)13-14-24(28)32-20-16-26(34,36(4,5)6)22-12-8-10-18-30-22/h13-14,21-22H,7-12,15-20H2,1-6,33-34H3/b14-13+. The van der Waals surface area contributed by atoms with Crippen LogP contribution in [-0.4, -0.2) is 87.2 Å². The average molecular weight is 573 g/mol. The summed E-state index contributed by atoms with van der Waals surface area (Å²) in [6.07, 6.45) is 11.6. The minimum absolute atomic E-state index is 0.171. The maximum atomic E-state index is 12.3. The molecule has 208 valence electrons. The van der Waals surface area contributed by atoms with Gasteiger partial charge in [-0.25, -0.2) is 9.59 Å². The molecule has 2 fully saturated rings. The van der Waals surface area contributed by atoms with Crippen LogP contribution < -0.4 is 0 Å². The predicted octanol–water partition coefficient (Wildman–Crippen LogP) is 3.35. The van der Waals surface area contributed by atoms with Gasteiger partial charge in [0.1, 0.15) is 0 Å². The predicted molar refractivity (Wildman–Crippen MR) is 159 cm³/mol. The summed E-state index contributed by atoms with van der Waals surface area (Å²) in [5, 5.41) is 0. The summed E-state index contributed by atoms with van der Waals surface area (Å²) < 4.78 is 23.7. The molecule has 2 aliphatic rings. The van der Waals surface area contributed by atoms with E-state index in [1.807, 2.05) is 0 Å². The molecule has 0 aromatic rings. The number of ether oxygens (including phenoxy) is 4. The summed E-state index contributed by atoms with van der Waals surface area (Å²) in [6.45, 7) is 16.8. The van der Waals surface area contributed by atoms with Crippen LogP contribution in [0.15, 0.2) is 12.2 Å². The van der Waals surface area contributed by atoms with E-state index in [4.69, 9.17) is 18.9 Å². The third-order valence-corrected chi connectivity index (χ3v) is 28.6. The van der Waals surface area contributed by atoms with Crippen LogP contribution in [0.1, 0.15) is 51.4 Å². The first-order valence-electron chi connectivity index (χ1n) is 14.0. The van der Waals surface area contributed by atoms with E-state index >= 15 is 0 Å². The van der Waals surface area contributed by atoms with Crippen LogP contribution in [0.5, 0.6) is 0 Å². The molecule has 2 aliphatic heterocycles. The fraction of sp³-hybridized carbons (Fsp3) is 0.846. The minimum atomic E-state index is -1.51. The van der Waals surface area contributed by atoms with Crippen molar-refractivity contribution < 1.29 is 28.5 Å². The lowest BCUT2D eigenvalue weighted by molar-refractivity contribution is -0.141. The van der Waals surface area contributed by atoms with E-state index in [2.05, 4.69) is 39.3 Å². The number of carbonyl (C=O) groups is 2. The summed E-state index contributed by atoms with van der Waals surface area (Å²) in [5.74, 6) is -0.961. The second kappa shape index (κ2) is 13.5. The van der Waals surface area contributed by atoms with Crippen LogP contribution in [0.3, 0.4) is 0 Å². The van der Waals surface area contributed by atoms with Gasteiger partial charge in [-0.15, -0.1) is 0 Å². The molecule has 0 spiro atoms. The molecule has 2 heterocycles. The zero-order chi connectivity index (χ0) is 27.0. The molecule has 0 bridgehead atoms. The van der Waals surface area contributed by atoms with Gasteiger partial charge in [0.25, 0.3) is 0 Å². The monoisotopic (exact) mass is 572 g/mol. The van der Waals surface area contributed by atoms with E-state index in [1.54, 1.807) is 0 Å². The summed E-state index contributed by atoms with van der Waals surface area (Å²) in [4.78, 5) is 24.6. The quantitative estimate of drug-likeness (QED) is 0.203. The lowest BCUT2D eigenvalue weighted by Crippen LogP contribution is -2.50. The van der Waals surface area contributed by atoms with Crippen molar-refractivity contribution in [1.29, 1.82) is 0 Å². The molecular formula is C26H52O6Si4. The van der Waals surface area contributed by atoms with Crippen LogP contribution >= 0.6 is 0 Å². The molecule has 0 aromatic heterocycles. The highest BCUT2D eigenvalue weighted by molar-refractivity contribution is 6.85. The molecule has 6 nitrogen and oxygen atoms in total. The van der Waals surface area contributed by atoms with Crippen molar-refractivity contribution >= 4 is 48.6 Å². The van der Waals surface area contributed by atoms with Crippen molar-refractivity contribution in [1.82, 2.24) is 0 Å². The SMILES string of the molecule is C[Si](C)(C)C([SiH3])(CCOC(=O)/C=C/C(=O)OCCC([SiH3])(C1CCCCO1)[Si](C)(C)C)C1CCCCO1. The van der Waals surface area contributed by atoms with Gasteiger partial charge in [0.15, 0.2) is 0 Å². The Kier molecular flexibility index (Phi) is 11.9. The average Bonchev–Trinajstić information content (AvgIpc) is 2.82. The van der Waals surface area contributed by atoms with Gasteiger partial charge in [-0.1, -0.05) is 39.3 Å². The Morgan fingerprint density at radius 2 is 1.11 bits per heavy atom. The molecule has 0 amide bonds. The van der Waals surface area contributed by atoms with Gasteiger partial charge in [0.05, 0.1) is 41.6 Å². The molecule has 0 N–H and O–H groups in total. The Balaban J connectivity index is 1.81. The van der Waals surface area contributed by atoms with Crippen LogP contribution in [0.25, 0.3) is 0 Å². The van der Waals surface area contributed by atoms with Gasteiger partial charge >= 0.3 is 11.9 Å². The Labute approximate surface area is 227 Å². The third-order valence-electron chi connectivity index (χ3n) is 9.29. The van der Waals surface area contributed by atoms with Gasteiger partial charge in [-0.05, 0) is 60.7 Å². The summed E-state index contributed by atoms with van der Waals surface area (Å²) in [6, 6.07) is 0. The van der Waals surface area contributed by atoms with E-state index in [-0.39, 0.29) is 21.5 Å². The first-order chi connectivity index (χ1) is 16.7. The Morgan fingerprint density at radius 1 is 0.750 bits per heavy atom. The molecule has 4 atom stereocenters. The fourth-order valence-electron chi connectivity index (χ4n) is 5.48. The van der Waals surface area contributed by atoms with Crippen molar-refractivity contribution in [2.45, 2.75) is 112 Å². The fourth-order valence-corrected chi connectivity index (χ4v) is 10.9. The van der Waals surface area contributed by atoms with Crippen LogP contribution in [0, 0.1) is 0 Å². The lowest BCUT2D eigenvalue weighted by Gasteiger charge is -2.47. The first kappa shape index (κ1) is 31.7. The highest BCUT2D eigenvalue weighted by atomic mass is 28.4.